The van der Waals surface area contributed by atoms with Crippen LogP contribution < -0.4 is 5.43 Å². The Morgan fingerprint density at radius 3 is 2.60 bits per heavy atom. The highest BCUT2D eigenvalue weighted by atomic mass is 32.2. The number of fused-ring (bicyclic) bond motifs is 2. The maximum atomic E-state index is 12.9. The van der Waals surface area contributed by atoms with Gasteiger partial charge in [0.2, 0.25) is 0 Å². The maximum Gasteiger partial charge on any atom is 0.265 e. The average Bonchev–Trinajstić information content (AvgIpc) is 2.96. The van der Waals surface area contributed by atoms with E-state index in [-0.39, 0.29) is 5.91 Å². The van der Waals surface area contributed by atoms with Crippen molar-refractivity contribution in [2.45, 2.75) is 29.1 Å². The summed E-state index contributed by atoms with van der Waals surface area (Å²) in [6, 6.07) is 14.2. The molecule has 0 radical (unpaired) electrons. The number of morpholine rings is 1. The molecule has 1 amide bonds. The molecule has 0 saturated carbocycles. The van der Waals surface area contributed by atoms with Gasteiger partial charge in [0.25, 0.3) is 5.91 Å². The number of carbonyl (C=O) groups excluding carboxylic acids is 1. The van der Waals surface area contributed by atoms with E-state index in [9.17, 15) is 4.79 Å². The summed E-state index contributed by atoms with van der Waals surface area (Å²) in [5, 5.41) is 2.03. The number of hydrogen-bond donors (Lipinski definition) is 1. The number of amides is 1. The van der Waals surface area contributed by atoms with Crippen LogP contribution in [-0.2, 0) is 4.74 Å². The minimum absolute atomic E-state index is 0.0606. The molecule has 5 rings (SSSR count). The van der Waals surface area contributed by atoms with E-state index in [0.29, 0.717) is 18.8 Å². The van der Waals surface area contributed by atoms with E-state index >= 15 is 0 Å². The van der Waals surface area contributed by atoms with E-state index in [0.717, 1.165) is 61.0 Å². The Morgan fingerprint density at radius 2 is 1.77 bits per heavy atom. The third-order valence-corrected chi connectivity index (χ3v) is 6.86. The standard InChI is InChI=1S/C23H26N4O2S/c28-23(25-27-10-4-1-5-11-27)17-8-9-21-19(16-17)24-22(26-12-14-29-15-13-26)18-6-2-3-7-20(18)30-21/h2-3,6-9,16H,1,4-5,10-15H2,(H,25,28). The van der Waals surface area contributed by atoms with Gasteiger partial charge in [-0.15, -0.1) is 0 Å². The van der Waals surface area contributed by atoms with Crippen molar-refractivity contribution >= 4 is 29.2 Å². The van der Waals surface area contributed by atoms with Gasteiger partial charge in [0.15, 0.2) is 0 Å². The van der Waals surface area contributed by atoms with Gasteiger partial charge in [-0.05, 0) is 37.1 Å². The Hall–Kier alpha value is -2.35. The summed E-state index contributed by atoms with van der Waals surface area (Å²) in [7, 11) is 0. The molecule has 0 atom stereocenters. The van der Waals surface area contributed by atoms with Crippen molar-refractivity contribution in [1.29, 1.82) is 0 Å². The van der Waals surface area contributed by atoms with Crippen LogP contribution in [0.1, 0.15) is 35.2 Å². The summed E-state index contributed by atoms with van der Waals surface area (Å²) >= 11 is 1.71. The number of amidine groups is 1. The van der Waals surface area contributed by atoms with E-state index in [4.69, 9.17) is 9.73 Å². The Bertz CT molecular complexity index is 965. The highest BCUT2D eigenvalue weighted by Gasteiger charge is 2.24. The molecule has 3 heterocycles. The molecule has 0 aliphatic carbocycles. The lowest BCUT2D eigenvalue weighted by Gasteiger charge is -2.30. The van der Waals surface area contributed by atoms with Crippen LogP contribution in [-0.4, -0.2) is 61.0 Å². The van der Waals surface area contributed by atoms with E-state index in [1.54, 1.807) is 11.8 Å². The second-order valence-electron chi connectivity index (χ2n) is 7.80. The van der Waals surface area contributed by atoms with Crippen molar-refractivity contribution in [2.75, 3.05) is 39.4 Å². The molecule has 3 aliphatic rings. The Balaban J connectivity index is 1.48. The fourth-order valence-electron chi connectivity index (χ4n) is 4.10. The first-order valence-electron chi connectivity index (χ1n) is 10.7. The van der Waals surface area contributed by atoms with Crippen molar-refractivity contribution in [2.24, 2.45) is 4.99 Å². The van der Waals surface area contributed by atoms with Gasteiger partial charge in [0.1, 0.15) is 5.84 Å². The molecule has 0 aromatic heterocycles. The highest BCUT2D eigenvalue weighted by molar-refractivity contribution is 7.99. The molecular weight excluding hydrogens is 396 g/mol. The van der Waals surface area contributed by atoms with E-state index < -0.39 is 0 Å². The minimum atomic E-state index is -0.0606. The Labute approximate surface area is 181 Å². The molecule has 0 unspecified atom stereocenters. The summed E-state index contributed by atoms with van der Waals surface area (Å²) < 4.78 is 5.54. The second kappa shape index (κ2) is 8.79. The molecule has 7 heteroatoms. The number of carbonyl (C=O) groups is 1. The predicted molar refractivity (Wildman–Crippen MR) is 118 cm³/mol. The quantitative estimate of drug-likeness (QED) is 0.800. The zero-order valence-electron chi connectivity index (χ0n) is 17.0. The number of benzene rings is 2. The smallest absolute Gasteiger partial charge is 0.265 e. The first-order chi connectivity index (χ1) is 14.8. The van der Waals surface area contributed by atoms with Gasteiger partial charge in [-0.3, -0.25) is 10.2 Å². The van der Waals surface area contributed by atoms with Crippen LogP contribution in [0.25, 0.3) is 0 Å². The Kier molecular flexibility index (Phi) is 5.75. The maximum absolute atomic E-state index is 12.9. The molecule has 0 bridgehead atoms. The summed E-state index contributed by atoms with van der Waals surface area (Å²) in [6.07, 6.45) is 3.50. The predicted octanol–water partition coefficient (Wildman–Crippen LogP) is 3.69. The van der Waals surface area contributed by atoms with Gasteiger partial charge >= 0.3 is 0 Å². The Morgan fingerprint density at radius 1 is 0.967 bits per heavy atom. The number of hydrogen-bond acceptors (Lipinski definition) is 6. The first-order valence-corrected chi connectivity index (χ1v) is 11.5. The summed E-state index contributed by atoms with van der Waals surface area (Å²) in [5.74, 6) is 0.906. The van der Waals surface area contributed by atoms with Gasteiger partial charge in [-0.1, -0.05) is 36.4 Å². The lowest BCUT2D eigenvalue weighted by Crippen LogP contribution is -2.45. The number of ether oxygens (including phenoxy) is 1. The fraction of sp³-hybridized carbons (Fsp3) is 0.391. The molecular formula is C23H26N4O2S. The van der Waals surface area contributed by atoms with Crippen molar-refractivity contribution < 1.29 is 9.53 Å². The topological polar surface area (TPSA) is 57.2 Å². The molecule has 2 aromatic carbocycles. The van der Waals surface area contributed by atoms with Gasteiger partial charge < -0.3 is 9.64 Å². The molecule has 6 nitrogen and oxygen atoms in total. The van der Waals surface area contributed by atoms with Crippen LogP contribution in [0.3, 0.4) is 0 Å². The largest absolute Gasteiger partial charge is 0.378 e. The van der Waals surface area contributed by atoms with Gasteiger partial charge in [0.05, 0.1) is 18.9 Å². The number of rotatable bonds is 2. The third kappa shape index (κ3) is 4.10. The SMILES string of the molecule is O=C(NN1CCCCC1)c1ccc2c(c1)N=C(N1CCOCC1)c1ccccc1S2. The monoisotopic (exact) mass is 422 g/mol. The minimum Gasteiger partial charge on any atom is -0.378 e. The zero-order chi connectivity index (χ0) is 20.3. The van der Waals surface area contributed by atoms with Gasteiger partial charge in [0, 0.05) is 47.1 Å². The third-order valence-electron chi connectivity index (χ3n) is 5.72. The molecule has 0 spiro atoms. The molecule has 30 heavy (non-hydrogen) atoms. The van der Waals surface area contributed by atoms with Crippen LogP contribution in [0, 0.1) is 0 Å². The second-order valence-corrected chi connectivity index (χ2v) is 8.89. The lowest BCUT2D eigenvalue weighted by atomic mass is 10.1. The van der Waals surface area contributed by atoms with E-state index in [2.05, 4.69) is 34.6 Å². The number of piperidine rings is 1. The summed E-state index contributed by atoms with van der Waals surface area (Å²) in [4.78, 5) is 22.5. The first kappa shape index (κ1) is 19.6. The zero-order valence-corrected chi connectivity index (χ0v) is 17.8. The highest BCUT2D eigenvalue weighted by Crippen LogP contribution is 2.41. The molecule has 156 valence electrons. The van der Waals surface area contributed by atoms with Crippen LogP contribution in [0.5, 0.6) is 0 Å². The molecule has 1 N–H and O–H groups in total. The van der Waals surface area contributed by atoms with Crippen LogP contribution in [0.2, 0.25) is 0 Å². The molecule has 3 aliphatic heterocycles. The average molecular weight is 423 g/mol. The number of hydrazine groups is 1. The molecule has 2 aromatic rings. The van der Waals surface area contributed by atoms with Crippen molar-refractivity contribution in [3.8, 4) is 0 Å². The van der Waals surface area contributed by atoms with Gasteiger partial charge in [-0.25, -0.2) is 10.0 Å². The van der Waals surface area contributed by atoms with Crippen molar-refractivity contribution in [3.05, 3.63) is 53.6 Å². The summed E-state index contributed by atoms with van der Waals surface area (Å²) in [6.45, 7) is 4.89. The normalized spacial score (nSPS) is 19.3. The molecule has 2 saturated heterocycles. The summed E-state index contributed by atoms with van der Waals surface area (Å²) in [5.41, 5.74) is 5.70. The van der Waals surface area contributed by atoms with Gasteiger partial charge in [-0.2, -0.15) is 0 Å². The fourth-order valence-corrected chi connectivity index (χ4v) is 5.09. The lowest BCUT2D eigenvalue weighted by molar-refractivity contribution is 0.0682. The van der Waals surface area contributed by atoms with E-state index in [1.165, 1.54) is 11.3 Å². The molecule has 2 fully saturated rings. The number of nitrogens with zero attached hydrogens (tertiary/aromatic N) is 3. The van der Waals surface area contributed by atoms with Crippen LogP contribution >= 0.6 is 11.8 Å². The van der Waals surface area contributed by atoms with Crippen molar-refractivity contribution in [1.82, 2.24) is 15.3 Å². The van der Waals surface area contributed by atoms with E-state index in [1.807, 2.05) is 23.2 Å². The van der Waals surface area contributed by atoms with Crippen LogP contribution in [0.15, 0.2) is 57.2 Å². The number of aliphatic imine (C=N–C) groups is 1. The van der Waals surface area contributed by atoms with Crippen molar-refractivity contribution in [3.63, 3.8) is 0 Å². The number of nitrogens with one attached hydrogen (secondary N) is 1. The van der Waals surface area contributed by atoms with Crippen LogP contribution in [0.4, 0.5) is 5.69 Å².